The zero-order valence-corrected chi connectivity index (χ0v) is 15.2. The minimum absolute atomic E-state index is 0.0741. The van der Waals surface area contributed by atoms with Gasteiger partial charge in [-0.05, 0) is 57.4 Å². The van der Waals surface area contributed by atoms with Gasteiger partial charge in [-0.1, -0.05) is 19.4 Å². The number of aliphatic imine (C=N–C) groups is 1. The quantitative estimate of drug-likeness (QED) is 0.752. The van der Waals surface area contributed by atoms with Gasteiger partial charge < -0.3 is 10.0 Å². The molecule has 0 radical (unpaired) electrons. The number of phenols is 1. The third kappa shape index (κ3) is 5.18. The van der Waals surface area contributed by atoms with E-state index in [0.717, 1.165) is 25.0 Å². The molecule has 1 aromatic carbocycles. The number of unbranched alkanes of at least 4 members (excludes halogenated alkanes) is 1. The molecular weight excluding hydrogens is 307 g/mol. The van der Waals surface area contributed by atoms with Gasteiger partial charge in [0.1, 0.15) is 5.71 Å². The lowest BCUT2D eigenvalue weighted by Gasteiger charge is -2.20. The van der Waals surface area contributed by atoms with Gasteiger partial charge >= 0.3 is 0 Å². The van der Waals surface area contributed by atoms with E-state index in [4.69, 9.17) is 0 Å². The van der Waals surface area contributed by atoms with Crippen molar-refractivity contribution in [1.29, 1.82) is 0 Å². The molecule has 0 aliphatic carbocycles. The highest BCUT2D eigenvalue weighted by Crippen LogP contribution is 2.24. The molecule has 4 nitrogen and oxygen atoms in total. The number of hydrogen-bond donors (Lipinski definition) is 1. The molecule has 0 aromatic heterocycles. The van der Waals surface area contributed by atoms with Crippen LogP contribution in [0.15, 0.2) is 28.9 Å². The van der Waals surface area contributed by atoms with Gasteiger partial charge in [0.25, 0.3) is 5.91 Å². The SMILES string of the molecule is CCCCN(CC)C(=O)C(C)=N/C(C)=C(\C)c1ccc(O)c(F)c1. The lowest BCUT2D eigenvalue weighted by molar-refractivity contribution is -0.124. The number of rotatable bonds is 7. The predicted molar refractivity (Wildman–Crippen MR) is 96.6 cm³/mol. The van der Waals surface area contributed by atoms with E-state index in [1.165, 1.54) is 12.1 Å². The Hall–Kier alpha value is -2.17. The van der Waals surface area contributed by atoms with Crippen LogP contribution in [0.4, 0.5) is 4.39 Å². The van der Waals surface area contributed by atoms with Crippen LogP contribution in [0, 0.1) is 5.82 Å². The van der Waals surface area contributed by atoms with E-state index in [9.17, 15) is 14.3 Å². The summed E-state index contributed by atoms with van der Waals surface area (Å²) in [6.45, 7) is 10.7. The fraction of sp³-hybridized carbons (Fsp3) is 0.474. The van der Waals surface area contributed by atoms with Crippen molar-refractivity contribution in [2.45, 2.75) is 47.5 Å². The molecule has 0 bridgehead atoms. The molecule has 1 amide bonds. The van der Waals surface area contributed by atoms with Crippen molar-refractivity contribution in [3.63, 3.8) is 0 Å². The van der Waals surface area contributed by atoms with Crippen LogP contribution < -0.4 is 0 Å². The van der Waals surface area contributed by atoms with Gasteiger partial charge in [0.05, 0.1) is 0 Å². The van der Waals surface area contributed by atoms with Gasteiger partial charge in [-0.2, -0.15) is 0 Å². The first-order valence-corrected chi connectivity index (χ1v) is 8.32. The Morgan fingerprint density at radius 3 is 2.46 bits per heavy atom. The summed E-state index contributed by atoms with van der Waals surface area (Å²) < 4.78 is 13.5. The van der Waals surface area contributed by atoms with Gasteiger partial charge in [-0.3, -0.25) is 9.79 Å². The Morgan fingerprint density at radius 2 is 1.92 bits per heavy atom. The average molecular weight is 334 g/mol. The number of amides is 1. The second kappa shape index (κ2) is 9.21. The third-order valence-corrected chi connectivity index (χ3v) is 4.02. The zero-order chi connectivity index (χ0) is 18.3. The number of halogens is 1. The van der Waals surface area contributed by atoms with E-state index >= 15 is 0 Å². The maximum Gasteiger partial charge on any atom is 0.267 e. The summed E-state index contributed by atoms with van der Waals surface area (Å²) in [6.07, 6.45) is 2.00. The summed E-state index contributed by atoms with van der Waals surface area (Å²) in [6, 6.07) is 4.21. The summed E-state index contributed by atoms with van der Waals surface area (Å²) in [7, 11) is 0. The summed E-state index contributed by atoms with van der Waals surface area (Å²) in [5.41, 5.74) is 2.46. The van der Waals surface area contributed by atoms with Gasteiger partial charge in [0.2, 0.25) is 0 Å². The summed E-state index contributed by atoms with van der Waals surface area (Å²) in [5, 5.41) is 9.27. The Morgan fingerprint density at radius 1 is 1.25 bits per heavy atom. The van der Waals surface area contributed by atoms with E-state index in [-0.39, 0.29) is 11.7 Å². The van der Waals surface area contributed by atoms with E-state index < -0.39 is 5.82 Å². The fourth-order valence-corrected chi connectivity index (χ4v) is 2.31. The van der Waals surface area contributed by atoms with Gasteiger partial charge in [-0.15, -0.1) is 0 Å². The van der Waals surface area contributed by atoms with Crippen molar-refractivity contribution in [3.8, 4) is 5.75 Å². The molecule has 5 heteroatoms. The van der Waals surface area contributed by atoms with Crippen LogP contribution in [0.1, 0.15) is 53.0 Å². The van der Waals surface area contributed by atoms with Crippen molar-refractivity contribution in [2.24, 2.45) is 4.99 Å². The Balaban J connectivity index is 3.03. The Kier molecular flexibility index (Phi) is 7.62. The Bertz CT molecular complexity index is 651. The maximum absolute atomic E-state index is 13.5. The van der Waals surface area contributed by atoms with E-state index in [2.05, 4.69) is 11.9 Å². The van der Waals surface area contributed by atoms with Crippen molar-refractivity contribution in [2.75, 3.05) is 13.1 Å². The minimum Gasteiger partial charge on any atom is -0.505 e. The fourth-order valence-electron chi connectivity index (χ4n) is 2.31. The molecule has 0 aliphatic heterocycles. The second-order valence-electron chi connectivity index (χ2n) is 5.81. The maximum atomic E-state index is 13.5. The first-order chi connectivity index (χ1) is 11.3. The van der Waals surface area contributed by atoms with Gasteiger partial charge in [-0.25, -0.2) is 4.39 Å². The Labute approximate surface area is 143 Å². The number of hydrogen-bond acceptors (Lipinski definition) is 3. The highest BCUT2D eigenvalue weighted by molar-refractivity contribution is 6.38. The average Bonchev–Trinajstić information content (AvgIpc) is 2.56. The number of carbonyl (C=O) groups excluding carboxylic acids is 1. The molecule has 0 saturated heterocycles. The molecule has 1 aromatic rings. The topological polar surface area (TPSA) is 52.9 Å². The van der Waals surface area contributed by atoms with Crippen LogP contribution in [0.5, 0.6) is 5.75 Å². The lowest BCUT2D eigenvalue weighted by Crippen LogP contribution is -2.36. The molecular formula is C19H27FN2O2. The highest BCUT2D eigenvalue weighted by atomic mass is 19.1. The van der Waals surface area contributed by atoms with E-state index in [1.54, 1.807) is 24.8 Å². The molecule has 0 saturated carbocycles. The molecule has 0 aliphatic rings. The number of allylic oxidation sites excluding steroid dienone is 2. The highest BCUT2D eigenvalue weighted by Gasteiger charge is 2.15. The third-order valence-electron chi connectivity index (χ3n) is 4.02. The molecule has 0 unspecified atom stereocenters. The van der Waals surface area contributed by atoms with Crippen molar-refractivity contribution in [1.82, 2.24) is 4.90 Å². The smallest absolute Gasteiger partial charge is 0.267 e. The monoisotopic (exact) mass is 334 g/mol. The number of nitrogens with zero attached hydrogens (tertiary/aromatic N) is 2. The molecule has 1 N–H and O–H groups in total. The van der Waals surface area contributed by atoms with Crippen LogP contribution in [0.3, 0.4) is 0 Å². The van der Waals surface area contributed by atoms with Crippen LogP contribution in [0.2, 0.25) is 0 Å². The first-order valence-electron chi connectivity index (χ1n) is 8.32. The normalized spacial score (nSPS) is 12.8. The molecule has 0 spiro atoms. The van der Waals surface area contributed by atoms with Crippen molar-refractivity contribution >= 4 is 17.2 Å². The number of phenolic OH excluding ortho intramolecular Hbond substituents is 1. The summed E-state index contributed by atoms with van der Waals surface area (Å²) in [4.78, 5) is 18.6. The minimum atomic E-state index is -0.673. The first kappa shape index (κ1) is 19.9. The predicted octanol–water partition coefficient (Wildman–Crippen LogP) is 4.39. The summed E-state index contributed by atoms with van der Waals surface area (Å²) in [5.74, 6) is -1.13. The van der Waals surface area contributed by atoms with E-state index in [0.29, 0.717) is 23.5 Å². The van der Waals surface area contributed by atoms with Crippen LogP contribution >= 0.6 is 0 Å². The number of carbonyl (C=O) groups is 1. The molecule has 0 atom stereocenters. The largest absolute Gasteiger partial charge is 0.505 e. The second-order valence-corrected chi connectivity index (χ2v) is 5.81. The van der Waals surface area contributed by atoms with Gasteiger partial charge in [0, 0.05) is 18.8 Å². The van der Waals surface area contributed by atoms with Crippen LogP contribution in [0.25, 0.3) is 5.57 Å². The van der Waals surface area contributed by atoms with Crippen molar-refractivity contribution in [3.05, 3.63) is 35.3 Å². The lowest BCUT2D eigenvalue weighted by atomic mass is 10.1. The molecule has 132 valence electrons. The van der Waals surface area contributed by atoms with E-state index in [1.807, 2.05) is 13.8 Å². The van der Waals surface area contributed by atoms with Crippen LogP contribution in [-0.4, -0.2) is 34.7 Å². The number of aromatic hydroxyl groups is 1. The van der Waals surface area contributed by atoms with Crippen molar-refractivity contribution < 1.29 is 14.3 Å². The standard InChI is InChI=1S/C19H27FN2O2/c1-6-8-11-22(7-2)19(24)15(5)21-14(4)13(3)16-9-10-18(23)17(20)12-16/h9-10,12,23H,6-8,11H2,1-5H3/b14-13+,21-15?. The zero-order valence-electron chi connectivity index (χ0n) is 15.2. The molecule has 0 fully saturated rings. The molecule has 1 rings (SSSR count). The molecule has 24 heavy (non-hydrogen) atoms. The molecule has 0 heterocycles. The number of benzene rings is 1. The van der Waals surface area contributed by atoms with Gasteiger partial charge in [0.15, 0.2) is 11.6 Å². The van der Waals surface area contributed by atoms with Crippen LogP contribution in [-0.2, 0) is 4.79 Å². The summed E-state index contributed by atoms with van der Waals surface area (Å²) >= 11 is 0.